The first-order valence-electron chi connectivity index (χ1n) is 7.91. The van der Waals surface area contributed by atoms with Crippen LogP contribution in [0, 0.1) is 10.1 Å². The van der Waals surface area contributed by atoms with Gasteiger partial charge in [-0.05, 0) is 5.56 Å². The Balaban J connectivity index is 0.00000338. The first-order valence-corrected chi connectivity index (χ1v) is 7.91. The van der Waals surface area contributed by atoms with Crippen molar-refractivity contribution < 1.29 is 10.0 Å². The van der Waals surface area contributed by atoms with Gasteiger partial charge in [0.05, 0.1) is 18.1 Å². The Morgan fingerprint density at radius 1 is 1.38 bits per heavy atom. The number of nitro groups is 1. The highest BCUT2D eigenvalue weighted by Crippen LogP contribution is 2.13. The fourth-order valence-corrected chi connectivity index (χ4v) is 2.31. The number of guanidine groups is 1. The van der Waals surface area contributed by atoms with Crippen molar-refractivity contribution >= 4 is 35.6 Å². The fourth-order valence-electron chi connectivity index (χ4n) is 2.31. The van der Waals surface area contributed by atoms with Gasteiger partial charge in [0.1, 0.15) is 12.4 Å². The molecule has 1 unspecified atom stereocenters. The molecule has 0 aliphatic heterocycles. The third kappa shape index (κ3) is 6.59. The molecule has 0 aliphatic carbocycles. The number of aliphatic hydroxyl groups is 1. The molecule has 0 saturated heterocycles. The van der Waals surface area contributed by atoms with Gasteiger partial charge in [-0.2, -0.15) is 5.10 Å². The fraction of sp³-hybridized carbons (Fsp3) is 0.375. The molecule has 1 atom stereocenters. The molecule has 1 aromatic carbocycles. The van der Waals surface area contributed by atoms with Crippen LogP contribution in [0.15, 0.2) is 47.7 Å². The molecule has 142 valence electrons. The maximum Gasteiger partial charge on any atom is 0.306 e. The molecule has 26 heavy (non-hydrogen) atoms. The molecule has 0 bridgehead atoms. The number of nitrogens with one attached hydrogen (secondary N) is 2. The summed E-state index contributed by atoms with van der Waals surface area (Å²) in [6, 6.07) is 9.76. The van der Waals surface area contributed by atoms with E-state index in [1.807, 2.05) is 30.3 Å². The highest BCUT2D eigenvalue weighted by Gasteiger charge is 2.11. The van der Waals surface area contributed by atoms with E-state index in [1.54, 1.807) is 7.05 Å². The van der Waals surface area contributed by atoms with Crippen LogP contribution in [-0.2, 0) is 6.54 Å². The molecule has 0 amide bonds. The van der Waals surface area contributed by atoms with Gasteiger partial charge in [0.25, 0.3) is 0 Å². The smallest absolute Gasteiger partial charge is 0.306 e. The summed E-state index contributed by atoms with van der Waals surface area (Å²) in [6.45, 7) is 1.54. The molecule has 0 saturated carbocycles. The van der Waals surface area contributed by atoms with Gasteiger partial charge in [0.15, 0.2) is 5.96 Å². The first-order chi connectivity index (χ1) is 12.1. The molecular weight excluding hydrogens is 451 g/mol. The summed E-state index contributed by atoms with van der Waals surface area (Å²) in [6.07, 6.45) is 2.61. The maximum absolute atomic E-state index is 10.6. The van der Waals surface area contributed by atoms with Gasteiger partial charge in [-0.1, -0.05) is 30.3 Å². The first kappa shape index (κ1) is 21.8. The number of aliphatic hydroxyl groups excluding tert-OH is 1. The van der Waals surface area contributed by atoms with E-state index in [0.29, 0.717) is 25.6 Å². The van der Waals surface area contributed by atoms with Crippen LogP contribution < -0.4 is 10.6 Å². The van der Waals surface area contributed by atoms with Crippen molar-refractivity contribution in [3.8, 4) is 0 Å². The molecule has 1 aromatic heterocycles. The van der Waals surface area contributed by atoms with Crippen molar-refractivity contribution in [3.63, 3.8) is 0 Å². The van der Waals surface area contributed by atoms with Crippen LogP contribution in [-0.4, -0.2) is 52.5 Å². The van der Waals surface area contributed by atoms with Crippen LogP contribution in [0.2, 0.25) is 0 Å². The average molecular weight is 474 g/mol. The SMILES string of the molecule is CN=C(NCCn1cc([N+](=O)[O-])cn1)NCC(CO)c1ccccc1.I. The van der Waals surface area contributed by atoms with Crippen LogP contribution in [0.25, 0.3) is 0 Å². The molecule has 0 fully saturated rings. The zero-order chi connectivity index (χ0) is 18.1. The Morgan fingerprint density at radius 2 is 2.12 bits per heavy atom. The summed E-state index contributed by atoms with van der Waals surface area (Å²) in [5, 5.41) is 30.4. The molecule has 1 heterocycles. The van der Waals surface area contributed by atoms with Crippen molar-refractivity contribution in [1.82, 2.24) is 20.4 Å². The van der Waals surface area contributed by atoms with E-state index in [-0.39, 0.29) is 42.2 Å². The molecule has 9 nitrogen and oxygen atoms in total. The summed E-state index contributed by atoms with van der Waals surface area (Å²) < 4.78 is 1.50. The zero-order valence-electron chi connectivity index (χ0n) is 14.4. The second-order valence-corrected chi connectivity index (χ2v) is 5.39. The second-order valence-electron chi connectivity index (χ2n) is 5.39. The summed E-state index contributed by atoms with van der Waals surface area (Å²) in [5.74, 6) is 0.560. The molecule has 0 radical (unpaired) electrons. The molecule has 3 N–H and O–H groups in total. The molecule has 10 heteroatoms. The van der Waals surface area contributed by atoms with E-state index in [0.717, 1.165) is 5.56 Å². The third-order valence-electron chi connectivity index (χ3n) is 3.69. The lowest BCUT2D eigenvalue weighted by Gasteiger charge is -2.18. The molecule has 0 aliphatic rings. The number of nitrogens with zero attached hydrogens (tertiary/aromatic N) is 4. The van der Waals surface area contributed by atoms with Crippen molar-refractivity contribution in [2.45, 2.75) is 12.5 Å². The molecular formula is C16H23IN6O3. The van der Waals surface area contributed by atoms with Crippen LogP contribution >= 0.6 is 24.0 Å². The van der Waals surface area contributed by atoms with Crippen LogP contribution in [0.3, 0.4) is 0 Å². The number of hydrogen-bond donors (Lipinski definition) is 3. The van der Waals surface area contributed by atoms with Crippen LogP contribution in [0.5, 0.6) is 0 Å². The number of hydrogen-bond acceptors (Lipinski definition) is 5. The third-order valence-corrected chi connectivity index (χ3v) is 3.69. The Hall–Kier alpha value is -2.21. The molecule has 0 spiro atoms. The summed E-state index contributed by atoms with van der Waals surface area (Å²) >= 11 is 0. The van der Waals surface area contributed by atoms with E-state index in [1.165, 1.54) is 17.1 Å². The number of rotatable bonds is 8. The summed E-state index contributed by atoms with van der Waals surface area (Å²) in [4.78, 5) is 14.3. The standard InChI is InChI=1S/C16H22N6O3.HI/c1-17-16(18-7-8-21-11-15(10-20-21)22(24)25)19-9-14(12-23)13-5-3-2-4-6-13;/h2-6,10-11,14,23H,7-9,12H2,1H3,(H2,17,18,19);1H. The lowest BCUT2D eigenvalue weighted by Crippen LogP contribution is -2.41. The molecule has 2 aromatic rings. The van der Waals surface area contributed by atoms with Gasteiger partial charge < -0.3 is 15.7 Å². The molecule has 2 rings (SSSR count). The Morgan fingerprint density at radius 3 is 2.69 bits per heavy atom. The number of benzene rings is 1. The second kappa shape index (κ2) is 11.4. The van der Waals surface area contributed by atoms with Crippen molar-refractivity contribution in [1.29, 1.82) is 0 Å². The topological polar surface area (TPSA) is 118 Å². The summed E-state index contributed by atoms with van der Waals surface area (Å²) in [5.41, 5.74) is 1.02. The minimum absolute atomic E-state index is 0. The predicted octanol–water partition coefficient (Wildman–Crippen LogP) is 1.35. The number of aromatic nitrogens is 2. The number of halogens is 1. The van der Waals surface area contributed by atoms with E-state index in [4.69, 9.17) is 0 Å². The van der Waals surface area contributed by atoms with Gasteiger partial charge in [-0.25, -0.2) is 0 Å². The highest BCUT2D eigenvalue weighted by molar-refractivity contribution is 14.0. The van der Waals surface area contributed by atoms with Gasteiger partial charge in [0.2, 0.25) is 0 Å². The van der Waals surface area contributed by atoms with Crippen molar-refractivity contribution in [3.05, 3.63) is 58.4 Å². The Bertz CT molecular complexity index is 707. The van der Waals surface area contributed by atoms with Gasteiger partial charge in [-0.15, -0.1) is 24.0 Å². The monoisotopic (exact) mass is 474 g/mol. The van der Waals surface area contributed by atoms with Gasteiger partial charge >= 0.3 is 5.69 Å². The predicted molar refractivity (Wildman–Crippen MR) is 110 cm³/mol. The quantitative estimate of drug-likeness (QED) is 0.175. The lowest BCUT2D eigenvalue weighted by atomic mass is 10.0. The number of aliphatic imine (C=N–C) groups is 1. The van der Waals surface area contributed by atoms with E-state index >= 15 is 0 Å². The summed E-state index contributed by atoms with van der Waals surface area (Å²) in [7, 11) is 1.66. The van der Waals surface area contributed by atoms with E-state index in [9.17, 15) is 15.2 Å². The highest BCUT2D eigenvalue weighted by atomic mass is 127. The van der Waals surface area contributed by atoms with Crippen LogP contribution in [0.1, 0.15) is 11.5 Å². The average Bonchev–Trinajstić information content (AvgIpc) is 3.11. The minimum Gasteiger partial charge on any atom is -0.396 e. The van der Waals surface area contributed by atoms with Crippen molar-refractivity contribution in [2.75, 3.05) is 26.7 Å². The largest absolute Gasteiger partial charge is 0.396 e. The maximum atomic E-state index is 10.6. The van der Waals surface area contributed by atoms with Crippen molar-refractivity contribution in [2.24, 2.45) is 4.99 Å². The minimum atomic E-state index is -0.476. The normalized spacial score (nSPS) is 12.2. The Kier molecular flexibility index (Phi) is 9.58. The van der Waals surface area contributed by atoms with E-state index < -0.39 is 4.92 Å². The van der Waals surface area contributed by atoms with Gasteiger partial charge in [0, 0.05) is 26.1 Å². The van der Waals surface area contributed by atoms with Crippen LogP contribution in [0.4, 0.5) is 5.69 Å². The van der Waals surface area contributed by atoms with Gasteiger partial charge in [-0.3, -0.25) is 19.8 Å². The lowest BCUT2D eigenvalue weighted by molar-refractivity contribution is -0.385. The van der Waals surface area contributed by atoms with E-state index in [2.05, 4.69) is 20.7 Å². The Labute approximate surface area is 168 Å². The zero-order valence-corrected chi connectivity index (χ0v) is 16.7.